The van der Waals surface area contributed by atoms with Gasteiger partial charge < -0.3 is 16.0 Å². The van der Waals surface area contributed by atoms with Gasteiger partial charge in [0, 0.05) is 25.2 Å². The predicted octanol–water partition coefficient (Wildman–Crippen LogP) is 1.81. The van der Waals surface area contributed by atoms with E-state index in [1.165, 1.54) is 27.9 Å². The molecule has 9 nitrogen and oxygen atoms in total. The van der Waals surface area contributed by atoms with Crippen LogP contribution in [0.3, 0.4) is 0 Å². The Hall–Kier alpha value is -3.22. The Morgan fingerprint density at radius 3 is 2.90 bits per heavy atom. The number of amides is 1. The van der Waals surface area contributed by atoms with E-state index in [-0.39, 0.29) is 29.3 Å². The largest absolute Gasteiger partial charge is 0.349 e. The van der Waals surface area contributed by atoms with Crippen LogP contribution in [0.25, 0.3) is 5.65 Å². The first-order valence-corrected chi connectivity index (χ1v) is 8.59. The molecule has 1 amide bonds. The number of fused-ring (bicyclic) bond motifs is 1. The highest BCUT2D eigenvalue weighted by molar-refractivity contribution is 6.08. The summed E-state index contributed by atoms with van der Waals surface area (Å²) in [6, 6.07) is 0.763. The molecule has 1 aliphatic rings. The molecule has 29 heavy (non-hydrogen) atoms. The van der Waals surface area contributed by atoms with Crippen LogP contribution < -0.4 is 16.0 Å². The van der Waals surface area contributed by atoms with E-state index < -0.39 is 43.0 Å². The van der Waals surface area contributed by atoms with Gasteiger partial charge >= 0.3 is 0 Å². The topological polar surface area (TPSA) is 117 Å². The van der Waals surface area contributed by atoms with Crippen LogP contribution in [0.15, 0.2) is 24.7 Å². The van der Waals surface area contributed by atoms with Gasteiger partial charge in [0.05, 0.1) is 24.6 Å². The Bertz CT molecular complexity index is 1050. The molecule has 154 valence electrons. The van der Waals surface area contributed by atoms with Crippen LogP contribution in [0.1, 0.15) is 28.9 Å². The van der Waals surface area contributed by atoms with Gasteiger partial charge in [0.1, 0.15) is 17.1 Å². The molecule has 0 saturated carbocycles. The number of rotatable bonds is 4. The molecule has 3 aromatic rings. The third kappa shape index (κ3) is 3.72. The number of halogens is 4. The molecule has 0 aromatic carbocycles. The highest BCUT2D eigenvalue weighted by atomic mass is 19.3. The van der Waals surface area contributed by atoms with Crippen LogP contribution in [0.5, 0.6) is 0 Å². The minimum absolute atomic E-state index is 0.0127. The quantitative estimate of drug-likeness (QED) is 0.563. The zero-order chi connectivity index (χ0) is 20.8. The van der Waals surface area contributed by atoms with E-state index in [1.54, 1.807) is 0 Å². The first kappa shape index (κ1) is 19.1. The van der Waals surface area contributed by atoms with Crippen molar-refractivity contribution in [1.82, 2.24) is 24.8 Å². The summed E-state index contributed by atoms with van der Waals surface area (Å²) in [6.45, 7) is -0.368. The lowest BCUT2D eigenvalue weighted by Crippen LogP contribution is -2.52. The number of aromatic amines is 1. The fraction of sp³-hybridized carbons (Fsp3) is 0.375. The molecule has 3 aromatic heterocycles. The summed E-state index contributed by atoms with van der Waals surface area (Å²) in [7, 11) is 0. The van der Waals surface area contributed by atoms with Crippen LogP contribution in [-0.2, 0) is 0 Å². The van der Waals surface area contributed by atoms with Crippen molar-refractivity contribution in [3.8, 4) is 0 Å². The first-order valence-electron chi connectivity index (χ1n) is 8.59. The number of H-pyrrole nitrogens is 1. The highest BCUT2D eigenvalue weighted by Crippen LogP contribution is 2.29. The number of nitrogens with two attached hydrogens (primary N) is 1. The number of carbonyl (C=O) groups is 1. The van der Waals surface area contributed by atoms with Crippen molar-refractivity contribution in [2.45, 2.75) is 24.8 Å². The zero-order valence-electron chi connectivity index (χ0n) is 14.8. The summed E-state index contributed by atoms with van der Waals surface area (Å²) in [6.07, 6.45) is 0.464. The Morgan fingerprint density at radius 2 is 2.17 bits per heavy atom. The second kappa shape index (κ2) is 6.99. The molecule has 13 heteroatoms. The van der Waals surface area contributed by atoms with Crippen LogP contribution >= 0.6 is 0 Å². The molecular weight excluding hydrogens is 396 g/mol. The number of anilines is 2. The van der Waals surface area contributed by atoms with Gasteiger partial charge in [0.2, 0.25) is 0 Å². The average molecular weight is 412 g/mol. The molecule has 1 aliphatic heterocycles. The molecule has 1 saturated heterocycles. The molecule has 0 bridgehead atoms. The van der Waals surface area contributed by atoms with Crippen LogP contribution in [0.4, 0.5) is 29.1 Å². The maximum Gasteiger partial charge on any atom is 0.281 e. The third-order valence-corrected chi connectivity index (χ3v) is 4.50. The van der Waals surface area contributed by atoms with Gasteiger partial charge in [0.15, 0.2) is 5.65 Å². The zero-order valence-corrected chi connectivity index (χ0v) is 14.8. The van der Waals surface area contributed by atoms with Crippen LogP contribution in [0.2, 0.25) is 0 Å². The normalized spacial score (nSPS) is 19.1. The standard InChI is InChI=1S/C16H16F4N8O/c17-13(18)12-10(5-22-26-12)24-15(29)9-4-23-28-2-1-11(25-14(9)28)27-6-8(21)3-16(19,20)7-27/h1-2,4-5,8,13H,3,6-7,21H2,(H,22,26)(H,24,29). The summed E-state index contributed by atoms with van der Waals surface area (Å²) in [5, 5.41) is 11.9. The monoisotopic (exact) mass is 412 g/mol. The van der Waals surface area contributed by atoms with Gasteiger partial charge in [0.25, 0.3) is 18.3 Å². The van der Waals surface area contributed by atoms with Crippen LogP contribution in [-0.4, -0.2) is 55.8 Å². The molecule has 0 radical (unpaired) electrons. The molecule has 4 N–H and O–H groups in total. The minimum atomic E-state index is -2.96. The summed E-state index contributed by atoms with van der Waals surface area (Å²) in [4.78, 5) is 18.2. The summed E-state index contributed by atoms with van der Waals surface area (Å²) >= 11 is 0. The minimum Gasteiger partial charge on any atom is -0.349 e. The Morgan fingerprint density at radius 1 is 1.38 bits per heavy atom. The Labute approximate surface area is 160 Å². The van der Waals surface area contributed by atoms with Crippen molar-refractivity contribution in [3.05, 3.63) is 35.9 Å². The second-order valence-electron chi connectivity index (χ2n) is 6.77. The van der Waals surface area contributed by atoms with E-state index in [9.17, 15) is 22.4 Å². The van der Waals surface area contributed by atoms with Crippen molar-refractivity contribution >= 4 is 23.1 Å². The van der Waals surface area contributed by atoms with E-state index in [0.717, 1.165) is 6.20 Å². The van der Waals surface area contributed by atoms with Crippen LogP contribution in [0, 0.1) is 0 Å². The molecule has 1 unspecified atom stereocenters. The average Bonchev–Trinajstić information content (AvgIpc) is 3.25. The fourth-order valence-corrected chi connectivity index (χ4v) is 3.26. The van der Waals surface area contributed by atoms with Gasteiger partial charge in [-0.1, -0.05) is 0 Å². The van der Waals surface area contributed by atoms with Crippen molar-refractivity contribution in [2.75, 3.05) is 23.3 Å². The summed E-state index contributed by atoms with van der Waals surface area (Å²) in [5.74, 6) is -3.49. The number of carbonyl (C=O) groups excluding carboxylic acids is 1. The number of nitrogens with one attached hydrogen (secondary N) is 2. The van der Waals surface area contributed by atoms with Crippen molar-refractivity contribution in [3.63, 3.8) is 0 Å². The number of nitrogens with zero attached hydrogens (tertiary/aromatic N) is 5. The van der Waals surface area contributed by atoms with E-state index >= 15 is 0 Å². The Balaban J connectivity index is 1.63. The van der Waals surface area contributed by atoms with Gasteiger partial charge in [-0.3, -0.25) is 9.89 Å². The molecule has 4 rings (SSSR count). The number of alkyl halides is 4. The predicted molar refractivity (Wildman–Crippen MR) is 94.2 cm³/mol. The maximum atomic E-state index is 13.9. The SMILES string of the molecule is NC1CN(c2ccn3ncc(C(=O)Nc4cn[nH]c4C(F)F)c3n2)CC(F)(F)C1. The van der Waals surface area contributed by atoms with Crippen molar-refractivity contribution in [2.24, 2.45) is 5.73 Å². The van der Waals surface area contributed by atoms with Gasteiger partial charge in [-0.05, 0) is 6.07 Å². The van der Waals surface area contributed by atoms with Gasteiger partial charge in [-0.2, -0.15) is 10.2 Å². The lowest BCUT2D eigenvalue weighted by Gasteiger charge is -2.36. The number of aromatic nitrogens is 5. The van der Waals surface area contributed by atoms with Gasteiger partial charge in [-0.25, -0.2) is 27.1 Å². The molecule has 0 aliphatic carbocycles. The fourth-order valence-electron chi connectivity index (χ4n) is 3.26. The van der Waals surface area contributed by atoms with Gasteiger partial charge in [-0.15, -0.1) is 0 Å². The number of hydrogen-bond acceptors (Lipinski definition) is 6. The van der Waals surface area contributed by atoms with E-state index in [4.69, 9.17) is 5.73 Å². The number of hydrogen-bond donors (Lipinski definition) is 3. The highest BCUT2D eigenvalue weighted by Gasteiger charge is 2.39. The van der Waals surface area contributed by atoms with E-state index in [0.29, 0.717) is 0 Å². The lowest BCUT2D eigenvalue weighted by molar-refractivity contribution is -0.0174. The second-order valence-corrected chi connectivity index (χ2v) is 6.77. The summed E-state index contributed by atoms with van der Waals surface area (Å²) < 4.78 is 54.9. The van der Waals surface area contributed by atoms with Crippen molar-refractivity contribution in [1.29, 1.82) is 0 Å². The van der Waals surface area contributed by atoms with Crippen molar-refractivity contribution < 1.29 is 22.4 Å². The molecule has 0 spiro atoms. The first-order chi connectivity index (χ1) is 13.7. The van der Waals surface area contributed by atoms with E-state index in [1.807, 2.05) is 0 Å². The maximum absolute atomic E-state index is 13.9. The van der Waals surface area contributed by atoms with E-state index in [2.05, 4.69) is 25.6 Å². The Kier molecular flexibility index (Phi) is 4.61. The molecule has 4 heterocycles. The third-order valence-electron chi connectivity index (χ3n) is 4.50. The number of piperidine rings is 1. The summed E-state index contributed by atoms with van der Waals surface area (Å²) in [5.41, 5.74) is 5.08. The molecule has 1 atom stereocenters. The molecule has 1 fully saturated rings. The smallest absolute Gasteiger partial charge is 0.281 e. The lowest BCUT2D eigenvalue weighted by atomic mass is 10.0. The molecular formula is C16H16F4N8O.